The van der Waals surface area contributed by atoms with Gasteiger partial charge in [-0.05, 0) is 47.0 Å². The van der Waals surface area contributed by atoms with Gasteiger partial charge in [0.05, 0.1) is 8.66 Å². The van der Waals surface area contributed by atoms with E-state index >= 15 is 0 Å². The van der Waals surface area contributed by atoms with Crippen molar-refractivity contribution >= 4 is 33.2 Å². The van der Waals surface area contributed by atoms with Crippen LogP contribution in [-0.4, -0.2) is 17.4 Å². The van der Waals surface area contributed by atoms with Crippen molar-refractivity contribution in [3.05, 3.63) is 56.2 Å². The molecule has 0 bridgehead atoms. The normalized spacial score (nSPS) is 10.6. The molecule has 106 valence electrons. The van der Waals surface area contributed by atoms with E-state index in [2.05, 4.69) is 54.0 Å². The summed E-state index contributed by atoms with van der Waals surface area (Å²) >= 11 is 4.90. The maximum atomic E-state index is 12.5. The molecule has 1 aromatic carbocycles. The van der Waals surface area contributed by atoms with E-state index in [0.29, 0.717) is 6.54 Å². The van der Waals surface area contributed by atoms with Gasteiger partial charge in [0.2, 0.25) is 0 Å². The summed E-state index contributed by atoms with van der Waals surface area (Å²) in [4.78, 5) is 15.2. The molecule has 0 saturated heterocycles. The second-order valence-electron chi connectivity index (χ2n) is 4.82. The van der Waals surface area contributed by atoms with Gasteiger partial charge in [-0.2, -0.15) is 0 Å². The number of hydrogen-bond donors (Lipinski definition) is 0. The Morgan fingerprint density at radius 2 is 1.90 bits per heavy atom. The largest absolute Gasteiger partial charge is 0.334 e. The van der Waals surface area contributed by atoms with E-state index in [1.165, 1.54) is 22.5 Å². The van der Waals surface area contributed by atoms with Crippen LogP contribution in [0.5, 0.6) is 0 Å². The highest BCUT2D eigenvalue weighted by molar-refractivity contribution is 9.11. The second-order valence-corrected chi connectivity index (χ2v) is 7.28. The first-order chi connectivity index (χ1) is 9.60. The maximum absolute atomic E-state index is 12.5. The van der Waals surface area contributed by atoms with Crippen LogP contribution in [0.3, 0.4) is 0 Å². The Bertz CT molecular complexity index is 576. The fraction of sp³-hybridized carbons (Fsp3) is 0.312. The molecular formula is C16H18BrNOS. The Labute approximate surface area is 132 Å². The van der Waals surface area contributed by atoms with Crippen LogP contribution in [0.2, 0.25) is 0 Å². The summed E-state index contributed by atoms with van der Waals surface area (Å²) < 4.78 is 0.993. The van der Waals surface area contributed by atoms with Crippen LogP contribution in [0.25, 0.3) is 0 Å². The molecular weight excluding hydrogens is 334 g/mol. The van der Waals surface area contributed by atoms with E-state index in [9.17, 15) is 4.79 Å². The van der Waals surface area contributed by atoms with Crippen molar-refractivity contribution < 1.29 is 4.79 Å². The Morgan fingerprint density at radius 3 is 2.45 bits per heavy atom. The average molecular weight is 352 g/mol. The average Bonchev–Trinajstić information content (AvgIpc) is 2.86. The molecule has 1 heterocycles. The first kappa shape index (κ1) is 15.3. The number of carbonyl (C=O) groups is 1. The number of carbonyl (C=O) groups excluding carboxylic acids is 1. The molecule has 0 atom stereocenters. The summed E-state index contributed by atoms with van der Waals surface area (Å²) in [6.45, 7) is 5.62. The monoisotopic (exact) mass is 351 g/mol. The van der Waals surface area contributed by atoms with Gasteiger partial charge in [0.1, 0.15) is 0 Å². The van der Waals surface area contributed by atoms with Crippen LogP contribution in [0, 0.1) is 6.92 Å². The summed E-state index contributed by atoms with van der Waals surface area (Å²) in [5.74, 6) is 0.114. The van der Waals surface area contributed by atoms with E-state index in [4.69, 9.17) is 0 Å². The Kier molecular flexibility index (Phi) is 5.38. The summed E-state index contributed by atoms with van der Waals surface area (Å²) in [5, 5.41) is 0. The van der Waals surface area contributed by atoms with Crippen LogP contribution >= 0.6 is 27.3 Å². The van der Waals surface area contributed by atoms with E-state index < -0.39 is 0 Å². The third-order valence-electron chi connectivity index (χ3n) is 3.06. The quantitative estimate of drug-likeness (QED) is 0.752. The molecule has 0 fully saturated rings. The highest BCUT2D eigenvalue weighted by Gasteiger charge is 2.17. The predicted molar refractivity (Wildman–Crippen MR) is 88.2 cm³/mol. The Hall–Kier alpha value is -1.13. The van der Waals surface area contributed by atoms with Crippen LogP contribution in [0.4, 0.5) is 0 Å². The molecule has 2 rings (SSSR count). The smallest absolute Gasteiger partial charge is 0.264 e. The fourth-order valence-corrected chi connectivity index (χ4v) is 3.38. The SMILES string of the molecule is CCCN(Cc1ccc(C)cc1)C(=O)c1ccc(Br)s1. The van der Waals surface area contributed by atoms with Crippen molar-refractivity contribution in [2.45, 2.75) is 26.8 Å². The molecule has 1 amide bonds. The minimum Gasteiger partial charge on any atom is -0.334 e. The summed E-state index contributed by atoms with van der Waals surface area (Å²) in [6, 6.07) is 12.2. The van der Waals surface area contributed by atoms with Gasteiger partial charge < -0.3 is 4.90 Å². The summed E-state index contributed by atoms with van der Waals surface area (Å²) in [6.07, 6.45) is 0.962. The van der Waals surface area contributed by atoms with Crippen molar-refractivity contribution in [2.24, 2.45) is 0 Å². The number of hydrogen-bond acceptors (Lipinski definition) is 2. The van der Waals surface area contributed by atoms with Gasteiger partial charge in [-0.3, -0.25) is 4.79 Å². The van der Waals surface area contributed by atoms with Crippen LogP contribution in [0.1, 0.15) is 34.1 Å². The molecule has 0 aliphatic heterocycles. The van der Waals surface area contributed by atoms with Crippen molar-refractivity contribution in [1.82, 2.24) is 4.90 Å². The van der Waals surface area contributed by atoms with Gasteiger partial charge in [-0.1, -0.05) is 36.8 Å². The zero-order chi connectivity index (χ0) is 14.5. The van der Waals surface area contributed by atoms with Crippen molar-refractivity contribution in [3.8, 4) is 0 Å². The first-order valence-electron chi connectivity index (χ1n) is 6.70. The minimum atomic E-state index is 0.114. The van der Waals surface area contributed by atoms with E-state index in [0.717, 1.165) is 21.6 Å². The van der Waals surface area contributed by atoms with E-state index in [-0.39, 0.29) is 5.91 Å². The molecule has 0 aliphatic rings. The highest BCUT2D eigenvalue weighted by atomic mass is 79.9. The number of amides is 1. The van der Waals surface area contributed by atoms with Crippen molar-refractivity contribution in [2.75, 3.05) is 6.54 Å². The van der Waals surface area contributed by atoms with E-state index in [1.807, 2.05) is 17.0 Å². The third kappa shape index (κ3) is 3.93. The molecule has 2 nitrogen and oxygen atoms in total. The van der Waals surface area contributed by atoms with Gasteiger partial charge in [0.15, 0.2) is 0 Å². The molecule has 20 heavy (non-hydrogen) atoms. The lowest BCUT2D eigenvalue weighted by atomic mass is 10.1. The van der Waals surface area contributed by atoms with Crippen molar-refractivity contribution in [3.63, 3.8) is 0 Å². The number of rotatable bonds is 5. The zero-order valence-electron chi connectivity index (χ0n) is 11.7. The molecule has 4 heteroatoms. The lowest BCUT2D eigenvalue weighted by molar-refractivity contribution is 0.0748. The van der Waals surface area contributed by atoms with Gasteiger partial charge >= 0.3 is 0 Å². The van der Waals surface area contributed by atoms with Gasteiger partial charge in [0, 0.05) is 13.1 Å². The number of benzene rings is 1. The molecule has 2 aromatic rings. The molecule has 0 unspecified atom stereocenters. The van der Waals surface area contributed by atoms with Gasteiger partial charge in [-0.25, -0.2) is 0 Å². The summed E-state index contributed by atoms with van der Waals surface area (Å²) in [5.41, 5.74) is 2.41. The molecule has 0 saturated carbocycles. The molecule has 0 aliphatic carbocycles. The summed E-state index contributed by atoms with van der Waals surface area (Å²) in [7, 11) is 0. The number of thiophene rings is 1. The molecule has 1 aromatic heterocycles. The van der Waals surface area contributed by atoms with Gasteiger partial charge in [-0.15, -0.1) is 11.3 Å². The second kappa shape index (κ2) is 7.04. The van der Waals surface area contributed by atoms with E-state index in [1.54, 1.807) is 0 Å². The zero-order valence-corrected chi connectivity index (χ0v) is 14.1. The lowest BCUT2D eigenvalue weighted by Crippen LogP contribution is -2.30. The Morgan fingerprint density at radius 1 is 1.20 bits per heavy atom. The van der Waals surface area contributed by atoms with Crippen molar-refractivity contribution in [1.29, 1.82) is 0 Å². The number of aryl methyl sites for hydroxylation is 1. The molecule has 0 N–H and O–H groups in total. The predicted octanol–water partition coefficient (Wildman–Crippen LogP) is 4.87. The number of nitrogens with zero attached hydrogens (tertiary/aromatic N) is 1. The lowest BCUT2D eigenvalue weighted by Gasteiger charge is -2.21. The topological polar surface area (TPSA) is 20.3 Å². The third-order valence-corrected chi connectivity index (χ3v) is 4.67. The number of halogens is 1. The van der Waals surface area contributed by atoms with Crippen LogP contribution in [-0.2, 0) is 6.54 Å². The van der Waals surface area contributed by atoms with Gasteiger partial charge in [0.25, 0.3) is 5.91 Å². The standard InChI is InChI=1S/C16H18BrNOS/c1-3-10-18(11-13-6-4-12(2)5-7-13)16(19)14-8-9-15(17)20-14/h4-9H,3,10-11H2,1-2H3. The molecule has 0 radical (unpaired) electrons. The van der Waals surface area contributed by atoms with Crippen LogP contribution < -0.4 is 0 Å². The van der Waals surface area contributed by atoms with Crippen LogP contribution in [0.15, 0.2) is 40.2 Å². The highest BCUT2D eigenvalue weighted by Crippen LogP contribution is 2.24. The minimum absolute atomic E-state index is 0.114. The maximum Gasteiger partial charge on any atom is 0.264 e. The first-order valence-corrected chi connectivity index (χ1v) is 8.31. The Balaban J connectivity index is 2.14. The molecule has 0 spiro atoms. The fourth-order valence-electron chi connectivity index (χ4n) is 2.02.